The predicted molar refractivity (Wildman–Crippen MR) is 97.4 cm³/mol. The standard InChI is InChI=1S/C19H24N2O2S/c1-13-11-17(15(3)24-13)14(2)20-19(22)21-9-10-23-18(12-21)16-7-5-4-6-8-16/h4-8,11,14,18H,9-10,12H2,1-3H3,(H,20,22). The summed E-state index contributed by atoms with van der Waals surface area (Å²) in [5.41, 5.74) is 2.33. The van der Waals surface area contributed by atoms with Crippen molar-refractivity contribution < 1.29 is 9.53 Å². The van der Waals surface area contributed by atoms with Gasteiger partial charge in [-0.25, -0.2) is 4.79 Å². The molecule has 1 aromatic carbocycles. The number of morpholine rings is 1. The first-order chi connectivity index (χ1) is 11.5. The van der Waals surface area contributed by atoms with Crippen LogP contribution >= 0.6 is 11.3 Å². The molecule has 128 valence electrons. The van der Waals surface area contributed by atoms with Crippen molar-refractivity contribution in [2.45, 2.75) is 32.9 Å². The van der Waals surface area contributed by atoms with Gasteiger partial charge in [0.15, 0.2) is 0 Å². The average Bonchev–Trinajstić information content (AvgIpc) is 2.94. The van der Waals surface area contributed by atoms with Gasteiger partial charge in [0.2, 0.25) is 0 Å². The number of urea groups is 1. The van der Waals surface area contributed by atoms with E-state index < -0.39 is 0 Å². The number of hydrogen-bond acceptors (Lipinski definition) is 3. The van der Waals surface area contributed by atoms with Gasteiger partial charge in [0.05, 0.1) is 19.2 Å². The lowest BCUT2D eigenvalue weighted by Gasteiger charge is -2.34. The van der Waals surface area contributed by atoms with Gasteiger partial charge in [0, 0.05) is 16.3 Å². The van der Waals surface area contributed by atoms with Crippen molar-refractivity contribution in [3.63, 3.8) is 0 Å². The first-order valence-corrected chi connectivity index (χ1v) is 9.15. The second-order valence-electron chi connectivity index (χ2n) is 6.26. The van der Waals surface area contributed by atoms with E-state index in [-0.39, 0.29) is 18.2 Å². The van der Waals surface area contributed by atoms with Crippen LogP contribution in [-0.2, 0) is 4.74 Å². The molecule has 2 aromatic rings. The van der Waals surface area contributed by atoms with Crippen LogP contribution in [-0.4, -0.2) is 30.6 Å². The Bertz CT molecular complexity index is 699. The fraction of sp³-hybridized carbons (Fsp3) is 0.421. The number of benzene rings is 1. The number of carbonyl (C=O) groups excluding carboxylic acids is 1. The third-order valence-corrected chi connectivity index (χ3v) is 5.39. The molecule has 1 saturated heterocycles. The summed E-state index contributed by atoms with van der Waals surface area (Å²) in [6.07, 6.45) is -0.0499. The van der Waals surface area contributed by atoms with Gasteiger partial charge in [-0.15, -0.1) is 11.3 Å². The molecule has 0 saturated carbocycles. The fourth-order valence-corrected chi connectivity index (χ4v) is 4.16. The van der Waals surface area contributed by atoms with Crippen LogP contribution < -0.4 is 5.32 Å². The molecule has 1 aliphatic rings. The summed E-state index contributed by atoms with van der Waals surface area (Å²) in [7, 11) is 0. The molecular formula is C19H24N2O2S. The van der Waals surface area contributed by atoms with Gasteiger partial charge in [-0.1, -0.05) is 30.3 Å². The van der Waals surface area contributed by atoms with Gasteiger partial charge >= 0.3 is 6.03 Å². The molecule has 24 heavy (non-hydrogen) atoms. The first-order valence-electron chi connectivity index (χ1n) is 8.33. The number of ether oxygens (including phenoxy) is 1. The minimum atomic E-state index is -0.0499. The molecule has 3 rings (SSSR count). The van der Waals surface area contributed by atoms with Crippen molar-refractivity contribution in [3.05, 3.63) is 57.3 Å². The third-order valence-electron chi connectivity index (χ3n) is 4.41. The largest absolute Gasteiger partial charge is 0.370 e. The van der Waals surface area contributed by atoms with Gasteiger partial charge in [-0.3, -0.25) is 0 Å². The van der Waals surface area contributed by atoms with E-state index >= 15 is 0 Å². The van der Waals surface area contributed by atoms with E-state index in [1.807, 2.05) is 42.2 Å². The Kier molecular flexibility index (Phi) is 5.21. The van der Waals surface area contributed by atoms with Crippen LogP contribution in [0.25, 0.3) is 0 Å². The fourth-order valence-electron chi connectivity index (χ4n) is 3.14. The average molecular weight is 344 g/mol. The molecule has 1 aromatic heterocycles. The summed E-state index contributed by atoms with van der Waals surface area (Å²) >= 11 is 1.77. The molecule has 5 heteroatoms. The van der Waals surface area contributed by atoms with Crippen LogP contribution in [0.2, 0.25) is 0 Å². The first kappa shape index (κ1) is 17.0. The second-order valence-corrected chi connectivity index (χ2v) is 7.72. The zero-order valence-corrected chi connectivity index (χ0v) is 15.2. The van der Waals surface area contributed by atoms with E-state index in [0.717, 1.165) is 5.56 Å². The van der Waals surface area contributed by atoms with E-state index in [9.17, 15) is 4.79 Å². The topological polar surface area (TPSA) is 41.6 Å². The Morgan fingerprint density at radius 3 is 2.75 bits per heavy atom. The minimum Gasteiger partial charge on any atom is -0.370 e. The number of amides is 2. The van der Waals surface area contributed by atoms with Crippen LogP contribution in [0.5, 0.6) is 0 Å². The SMILES string of the molecule is Cc1cc(C(C)NC(=O)N2CCOC(c3ccccc3)C2)c(C)s1. The van der Waals surface area contributed by atoms with Gasteiger partial charge in [0.25, 0.3) is 0 Å². The van der Waals surface area contributed by atoms with E-state index in [2.05, 4.69) is 25.2 Å². The monoisotopic (exact) mass is 344 g/mol. The van der Waals surface area contributed by atoms with Crippen molar-refractivity contribution in [3.8, 4) is 0 Å². The minimum absolute atomic E-state index is 0.0143. The van der Waals surface area contributed by atoms with Crippen molar-refractivity contribution in [1.82, 2.24) is 10.2 Å². The quantitative estimate of drug-likeness (QED) is 0.906. The van der Waals surface area contributed by atoms with Crippen molar-refractivity contribution in [1.29, 1.82) is 0 Å². The highest BCUT2D eigenvalue weighted by Crippen LogP contribution is 2.27. The molecule has 0 radical (unpaired) electrons. The number of nitrogens with one attached hydrogen (secondary N) is 1. The highest BCUT2D eigenvalue weighted by molar-refractivity contribution is 7.12. The van der Waals surface area contributed by atoms with Crippen LogP contribution in [0, 0.1) is 13.8 Å². The van der Waals surface area contributed by atoms with Crippen molar-refractivity contribution in [2.75, 3.05) is 19.7 Å². The maximum atomic E-state index is 12.6. The molecule has 2 heterocycles. The molecule has 0 spiro atoms. The van der Waals surface area contributed by atoms with Gasteiger partial charge < -0.3 is 15.0 Å². The van der Waals surface area contributed by atoms with Gasteiger partial charge in [-0.2, -0.15) is 0 Å². The lowest BCUT2D eigenvalue weighted by Crippen LogP contribution is -2.47. The van der Waals surface area contributed by atoms with Crippen LogP contribution in [0.3, 0.4) is 0 Å². The highest BCUT2D eigenvalue weighted by Gasteiger charge is 2.26. The summed E-state index contributed by atoms with van der Waals surface area (Å²) in [6.45, 7) is 8.03. The Hall–Kier alpha value is -1.85. The lowest BCUT2D eigenvalue weighted by molar-refractivity contribution is -0.0157. The maximum Gasteiger partial charge on any atom is 0.318 e. The maximum absolute atomic E-state index is 12.6. The van der Waals surface area contributed by atoms with E-state index in [1.54, 1.807) is 11.3 Å². The normalized spacial score (nSPS) is 19.1. The lowest BCUT2D eigenvalue weighted by atomic mass is 10.1. The molecule has 2 amide bonds. The van der Waals surface area contributed by atoms with Crippen LogP contribution in [0.15, 0.2) is 36.4 Å². The van der Waals surface area contributed by atoms with E-state index in [0.29, 0.717) is 19.7 Å². The summed E-state index contributed by atoms with van der Waals surface area (Å²) in [4.78, 5) is 17.0. The Morgan fingerprint density at radius 2 is 2.08 bits per heavy atom. The summed E-state index contributed by atoms with van der Waals surface area (Å²) in [5.74, 6) is 0. The van der Waals surface area contributed by atoms with Gasteiger partial charge in [-0.05, 0) is 38.0 Å². The molecule has 4 nitrogen and oxygen atoms in total. The third kappa shape index (κ3) is 3.79. The summed E-state index contributed by atoms with van der Waals surface area (Å²) in [6, 6.07) is 12.2. The van der Waals surface area contributed by atoms with Crippen LogP contribution in [0.4, 0.5) is 4.79 Å². The molecule has 0 bridgehead atoms. The number of nitrogens with zero attached hydrogens (tertiary/aromatic N) is 1. The molecular weight excluding hydrogens is 320 g/mol. The van der Waals surface area contributed by atoms with Gasteiger partial charge in [0.1, 0.15) is 6.10 Å². The predicted octanol–water partition coefficient (Wildman–Crippen LogP) is 4.21. The Morgan fingerprint density at radius 1 is 1.33 bits per heavy atom. The highest BCUT2D eigenvalue weighted by atomic mass is 32.1. The number of aryl methyl sites for hydroxylation is 2. The molecule has 0 aliphatic carbocycles. The molecule has 2 unspecified atom stereocenters. The number of thiophene rings is 1. The number of carbonyl (C=O) groups is 1. The smallest absolute Gasteiger partial charge is 0.318 e. The Balaban J connectivity index is 1.63. The van der Waals surface area contributed by atoms with Crippen molar-refractivity contribution in [2.24, 2.45) is 0 Å². The summed E-state index contributed by atoms with van der Waals surface area (Å²) in [5, 5.41) is 3.13. The molecule has 1 aliphatic heterocycles. The second kappa shape index (κ2) is 7.36. The summed E-state index contributed by atoms with van der Waals surface area (Å²) < 4.78 is 5.84. The van der Waals surface area contributed by atoms with E-state index in [1.165, 1.54) is 15.3 Å². The molecule has 1 N–H and O–H groups in total. The zero-order valence-electron chi connectivity index (χ0n) is 14.4. The molecule has 1 fully saturated rings. The number of rotatable bonds is 3. The van der Waals surface area contributed by atoms with Crippen LogP contribution in [0.1, 0.15) is 40.0 Å². The number of hydrogen-bond donors (Lipinski definition) is 1. The van der Waals surface area contributed by atoms with E-state index in [4.69, 9.17) is 4.74 Å². The zero-order chi connectivity index (χ0) is 17.1. The Labute approximate surface area is 147 Å². The molecule has 2 atom stereocenters. The van der Waals surface area contributed by atoms with Crippen molar-refractivity contribution >= 4 is 17.4 Å².